The Labute approximate surface area is 157 Å². The van der Waals surface area contributed by atoms with Crippen LogP contribution in [0.4, 0.5) is 5.69 Å². The maximum atomic E-state index is 4.20. The monoisotopic (exact) mass is 352 g/mol. The zero-order chi connectivity index (χ0) is 17.8. The normalized spacial score (nSPS) is 21.2. The highest BCUT2D eigenvalue weighted by Gasteiger charge is 2.40. The minimum Gasteiger partial charge on any atom is -0.366 e. The largest absolute Gasteiger partial charge is 0.366 e. The van der Waals surface area contributed by atoms with E-state index in [1.54, 1.807) is 0 Å². The predicted molar refractivity (Wildman–Crippen MR) is 108 cm³/mol. The number of nitrogens with one attached hydrogen (secondary N) is 2. The minimum atomic E-state index is 0.146. The van der Waals surface area contributed by atoms with Gasteiger partial charge in [0.05, 0.1) is 6.04 Å². The average Bonchev–Trinajstić information content (AvgIpc) is 3.12. The lowest BCUT2D eigenvalue weighted by molar-refractivity contribution is 0.151. The van der Waals surface area contributed by atoms with E-state index in [4.69, 9.17) is 0 Å². The summed E-state index contributed by atoms with van der Waals surface area (Å²) in [7, 11) is 0. The first kappa shape index (κ1) is 15.0. The van der Waals surface area contributed by atoms with Crippen molar-refractivity contribution in [1.82, 2.24) is 14.9 Å². The molecule has 0 saturated carbocycles. The molecule has 0 aliphatic carbocycles. The third kappa shape index (κ3) is 2.17. The maximum Gasteiger partial charge on any atom is 0.107 e. The first-order chi connectivity index (χ1) is 13.4. The van der Waals surface area contributed by atoms with Crippen LogP contribution in [0.25, 0.3) is 10.9 Å². The molecule has 2 aliphatic heterocycles. The number of fused-ring (bicyclic) bond motifs is 7. The maximum absolute atomic E-state index is 4.20. The van der Waals surface area contributed by atoms with Gasteiger partial charge in [-0.2, -0.15) is 0 Å². The standard InChI is InChI=1S/C23H20N4/c1-3-7-19-16(5-1)17-11-14-27-22(21(17)25-19)18-6-2-4-8-20(18)26-23(27)15-9-12-24-13-10-15/h1-10,12-13,22-23,25-26H,11,14H2/t22-,23+/m0/s1. The molecule has 2 aromatic carbocycles. The summed E-state index contributed by atoms with van der Waals surface area (Å²) in [6.07, 6.45) is 4.96. The van der Waals surface area contributed by atoms with E-state index in [1.807, 2.05) is 12.4 Å². The Morgan fingerprint density at radius 1 is 0.926 bits per heavy atom. The van der Waals surface area contributed by atoms with Crippen molar-refractivity contribution in [1.29, 1.82) is 0 Å². The molecule has 0 amide bonds. The molecular weight excluding hydrogens is 332 g/mol. The van der Waals surface area contributed by atoms with Gasteiger partial charge in [0, 0.05) is 41.2 Å². The van der Waals surface area contributed by atoms with Crippen molar-refractivity contribution in [3.63, 3.8) is 0 Å². The van der Waals surface area contributed by atoms with E-state index in [-0.39, 0.29) is 12.2 Å². The van der Waals surface area contributed by atoms with Crippen LogP contribution in [0.3, 0.4) is 0 Å². The lowest BCUT2D eigenvalue weighted by Crippen LogP contribution is -2.45. The zero-order valence-corrected chi connectivity index (χ0v) is 14.9. The van der Waals surface area contributed by atoms with Crippen LogP contribution in [0.1, 0.15) is 34.6 Å². The fourth-order valence-electron chi connectivity index (χ4n) is 4.79. The predicted octanol–water partition coefficient (Wildman–Crippen LogP) is 4.63. The van der Waals surface area contributed by atoms with Crippen LogP contribution in [0.2, 0.25) is 0 Å². The number of anilines is 1. The van der Waals surface area contributed by atoms with Crippen molar-refractivity contribution in [2.75, 3.05) is 11.9 Å². The molecule has 0 bridgehead atoms. The second-order valence-corrected chi connectivity index (χ2v) is 7.37. The first-order valence-corrected chi connectivity index (χ1v) is 9.51. The van der Waals surface area contributed by atoms with Gasteiger partial charge in [-0.1, -0.05) is 36.4 Å². The lowest BCUT2D eigenvalue weighted by atomic mass is 9.88. The Morgan fingerprint density at radius 2 is 1.74 bits per heavy atom. The molecule has 0 saturated heterocycles. The van der Waals surface area contributed by atoms with Gasteiger partial charge in [0.15, 0.2) is 0 Å². The fraction of sp³-hybridized carbons (Fsp3) is 0.174. The molecule has 0 unspecified atom stereocenters. The molecule has 4 aromatic rings. The van der Waals surface area contributed by atoms with Crippen LogP contribution >= 0.6 is 0 Å². The zero-order valence-electron chi connectivity index (χ0n) is 14.9. The molecule has 0 radical (unpaired) electrons. The molecule has 2 N–H and O–H groups in total. The number of aromatic amines is 1. The van der Waals surface area contributed by atoms with E-state index < -0.39 is 0 Å². The van der Waals surface area contributed by atoms with E-state index in [0.29, 0.717) is 0 Å². The van der Waals surface area contributed by atoms with E-state index in [0.717, 1.165) is 13.0 Å². The number of rotatable bonds is 1. The van der Waals surface area contributed by atoms with Gasteiger partial charge in [-0.3, -0.25) is 9.88 Å². The Kier molecular flexibility index (Phi) is 3.16. The molecule has 4 nitrogen and oxygen atoms in total. The van der Waals surface area contributed by atoms with Gasteiger partial charge in [0.25, 0.3) is 0 Å². The van der Waals surface area contributed by atoms with E-state index in [1.165, 1.54) is 39.0 Å². The number of pyridine rings is 1. The van der Waals surface area contributed by atoms with E-state index in [9.17, 15) is 0 Å². The lowest BCUT2D eigenvalue weighted by Gasteiger charge is -2.46. The van der Waals surface area contributed by atoms with Crippen LogP contribution in [-0.4, -0.2) is 21.4 Å². The van der Waals surface area contributed by atoms with Gasteiger partial charge < -0.3 is 10.3 Å². The second-order valence-electron chi connectivity index (χ2n) is 7.37. The minimum absolute atomic E-state index is 0.146. The van der Waals surface area contributed by atoms with Gasteiger partial charge in [0.1, 0.15) is 6.17 Å². The summed E-state index contributed by atoms with van der Waals surface area (Å²) in [6.45, 7) is 1.02. The molecule has 4 heteroatoms. The molecule has 2 aliphatic rings. The Balaban J connectivity index is 1.58. The molecule has 2 atom stereocenters. The summed E-state index contributed by atoms with van der Waals surface area (Å²) in [4.78, 5) is 10.5. The SMILES string of the molecule is c1ccc2c(c1)N[C@@H](c1ccncc1)N1CCc3c([nH]c4ccccc34)[C@H]21. The summed E-state index contributed by atoms with van der Waals surface area (Å²) < 4.78 is 0. The van der Waals surface area contributed by atoms with Gasteiger partial charge in [-0.25, -0.2) is 0 Å². The molecule has 27 heavy (non-hydrogen) atoms. The number of benzene rings is 2. The highest BCUT2D eigenvalue weighted by Crippen LogP contribution is 2.47. The molecule has 0 spiro atoms. The van der Waals surface area contributed by atoms with Crippen molar-refractivity contribution >= 4 is 16.6 Å². The topological polar surface area (TPSA) is 44.0 Å². The van der Waals surface area contributed by atoms with Crippen LogP contribution in [0, 0.1) is 0 Å². The molecule has 2 aromatic heterocycles. The van der Waals surface area contributed by atoms with Crippen molar-refractivity contribution in [3.05, 3.63) is 95.4 Å². The molecule has 6 rings (SSSR count). The van der Waals surface area contributed by atoms with Crippen molar-refractivity contribution in [2.45, 2.75) is 18.6 Å². The van der Waals surface area contributed by atoms with Gasteiger partial charge in [-0.15, -0.1) is 0 Å². The second kappa shape index (κ2) is 5.69. The average molecular weight is 352 g/mol. The first-order valence-electron chi connectivity index (χ1n) is 9.51. The molecule has 0 fully saturated rings. The Morgan fingerprint density at radius 3 is 2.67 bits per heavy atom. The van der Waals surface area contributed by atoms with Gasteiger partial charge >= 0.3 is 0 Å². The van der Waals surface area contributed by atoms with E-state index in [2.05, 4.69) is 80.8 Å². The number of H-pyrrole nitrogens is 1. The third-order valence-corrected chi connectivity index (χ3v) is 5.97. The van der Waals surface area contributed by atoms with Crippen molar-refractivity contribution in [2.24, 2.45) is 0 Å². The molecule has 4 heterocycles. The quantitative estimate of drug-likeness (QED) is 0.525. The highest BCUT2D eigenvalue weighted by atomic mass is 15.3. The van der Waals surface area contributed by atoms with Gasteiger partial charge in [0.2, 0.25) is 0 Å². The van der Waals surface area contributed by atoms with E-state index >= 15 is 0 Å². The summed E-state index contributed by atoms with van der Waals surface area (Å²) in [6, 6.07) is 21.8. The fourth-order valence-corrected chi connectivity index (χ4v) is 4.79. The van der Waals surface area contributed by atoms with Crippen LogP contribution < -0.4 is 5.32 Å². The van der Waals surface area contributed by atoms with Crippen molar-refractivity contribution < 1.29 is 0 Å². The Bertz CT molecular complexity index is 1130. The summed E-state index contributed by atoms with van der Waals surface area (Å²) in [5.74, 6) is 0. The number of hydrogen-bond donors (Lipinski definition) is 2. The number of nitrogens with zero attached hydrogens (tertiary/aromatic N) is 2. The van der Waals surface area contributed by atoms with Crippen LogP contribution in [0.15, 0.2) is 73.1 Å². The third-order valence-electron chi connectivity index (χ3n) is 5.97. The highest BCUT2D eigenvalue weighted by molar-refractivity contribution is 5.85. The van der Waals surface area contributed by atoms with Crippen LogP contribution in [-0.2, 0) is 6.42 Å². The Hall–Kier alpha value is -3.11. The molecule has 132 valence electrons. The smallest absolute Gasteiger partial charge is 0.107 e. The summed E-state index contributed by atoms with van der Waals surface area (Å²) in [5.41, 5.74) is 7.86. The summed E-state index contributed by atoms with van der Waals surface area (Å²) in [5, 5.41) is 5.13. The van der Waals surface area contributed by atoms with Crippen LogP contribution in [0.5, 0.6) is 0 Å². The number of para-hydroxylation sites is 2. The van der Waals surface area contributed by atoms with Gasteiger partial charge in [-0.05, 0) is 47.4 Å². The van der Waals surface area contributed by atoms with Crippen molar-refractivity contribution in [3.8, 4) is 0 Å². The number of hydrogen-bond acceptors (Lipinski definition) is 3. The summed E-state index contributed by atoms with van der Waals surface area (Å²) >= 11 is 0. The number of aromatic nitrogens is 2. The molecular formula is C23H20N4.